The Hall–Kier alpha value is -11.9. The van der Waals surface area contributed by atoms with Gasteiger partial charge in [0.2, 0.25) is 70.9 Å². The molecule has 0 unspecified atom stereocenters. The number of carbonyl (C=O) groups is 15. The van der Waals surface area contributed by atoms with Crippen molar-refractivity contribution in [3.8, 4) is 0 Å². The van der Waals surface area contributed by atoms with E-state index in [-0.39, 0.29) is 128 Å². The molecule has 0 saturated carbocycles. The Morgan fingerprint density at radius 2 is 0.915 bits per heavy atom. The van der Waals surface area contributed by atoms with Gasteiger partial charge in [-0.2, -0.15) is 11.8 Å². The summed E-state index contributed by atoms with van der Waals surface area (Å²) >= 11 is 1.46. The third kappa shape index (κ3) is 33.1. The summed E-state index contributed by atoms with van der Waals surface area (Å²) in [6, 6.07) is 21.3. The van der Waals surface area contributed by atoms with Crippen molar-refractivity contribution in [2.45, 2.75) is 197 Å². The highest BCUT2D eigenvalue weighted by Crippen LogP contribution is 2.25. The van der Waals surface area contributed by atoms with Gasteiger partial charge in [-0.05, 0) is 124 Å². The van der Waals surface area contributed by atoms with Gasteiger partial charge in [-0.25, -0.2) is 14.4 Å². The standard InChI is InChI=1S/C81H113N17O18S/c1-51(2)45-61(71(104)92-60(39-44-117-5)78(111)114-4)88-68(101)48-96(3)75(108)63(47-53-25-12-7-13-26-53)94-72(105)62(46-52-23-10-6-11-24-52)93-70(103)56(35-37-66(82)99)89-69(102)57(36-38-67(83)100)90-73(106)64-33-21-42-97(64)76(109)58(31-18-19-40-87-80(112)115-49-54-27-14-8-15-28-54)91-74(107)65-34-22-43-98(65)77(110)59(32-20-41-86-79(84)85)95-81(113)116-50-55-29-16-9-17-30-55/h6-17,23-30,51,56-65H,18-22,31-50H2,1-5H3,(H2,82,99)(H2,83,100)(H,87,112)(H,88,101)(H,89,102)(H,90,106)(H,91,107)(H,92,104)(H,93,103)(H,94,105)(H,95,113)(H4,84,85,86)/t56-,57-,58-,59-,60+,61-,62+,63-,64-,65-/m0/s1. The lowest BCUT2D eigenvalue weighted by atomic mass is 10.0. The van der Waals surface area contributed by atoms with Crippen LogP contribution in [0.4, 0.5) is 9.59 Å². The number of thioether (sulfide) groups is 1. The van der Waals surface area contributed by atoms with E-state index in [2.05, 4.69) is 53.2 Å². The number of hydrogen-bond donors (Lipinski definition) is 14. The van der Waals surface area contributed by atoms with E-state index in [1.807, 2.05) is 26.2 Å². The zero-order valence-corrected chi connectivity index (χ0v) is 67.7. The number of methoxy groups -OCH3 is 1. The van der Waals surface area contributed by atoms with Crippen molar-refractivity contribution in [1.29, 1.82) is 5.41 Å². The Labute approximate surface area is 685 Å². The highest BCUT2D eigenvalue weighted by molar-refractivity contribution is 7.98. The van der Waals surface area contributed by atoms with Gasteiger partial charge in [0.1, 0.15) is 73.6 Å². The summed E-state index contributed by atoms with van der Waals surface area (Å²) in [4.78, 5) is 214. The van der Waals surface area contributed by atoms with Gasteiger partial charge in [0.05, 0.1) is 13.7 Å². The molecule has 2 aliphatic rings. The molecule has 0 radical (unpaired) electrons. The van der Waals surface area contributed by atoms with Gasteiger partial charge in [0.15, 0.2) is 5.96 Å². The highest BCUT2D eigenvalue weighted by atomic mass is 32.2. The normalized spacial score (nSPS) is 15.6. The summed E-state index contributed by atoms with van der Waals surface area (Å²) in [5.74, 6) is -10.5. The zero-order chi connectivity index (χ0) is 85.3. The SMILES string of the molecule is COC(=O)[C@@H](CCSC)NC(=O)[C@H](CC(C)C)NC(=O)CN(C)C(=O)[C@H](Cc1ccccc1)NC(=O)[C@@H](Cc1ccccc1)NC(=O)[C@H](CCC(N)=O)NC(=O)[C@H](CCC(N)=O)NC(=O)[C@@H]1CCCN1C(=O)[C@H](CCCCNC(=O)OCc1ccccc1)NC(=O)[C@@H]1CCCN1C(=O)[C@H](CCCNC(=N)N)NC(=O)OCc1ccccc1. The second-order valence-corrected chi connectivity index (χ2v) is 30.1. The number of guanidine groups is 1. The van der Waals surface area contributed by atoms with Crippen molar-refractivity contribution < 1.29 is 86.1 Å². The van der Waals surface area contributed by atoms with Crippen LogP contribution < -0.4 is 70.4 Å². The van der Waals surface area contributed by atoms with E-state index in [1.165, 1.54) is 35.7 Å². The molecule has 2 saturated heterocycles. The molecule has 0 bridgehead atoms. The lowest BCUT2D eigenvalue weighted by Crippen LogP contribution is -2.60. The van der Waals surface area contributed by atoms with E-state index in [1.54, 1.807) is 115 Å². The van der Waals surface area contributed by atoms with Crippen molar-refractivity contribution in [2.75, 3.05) is 58.9 Å². The lowest BCUT2D eigenvalue weighted by Gasteiger charge is -2.32. The first kappa shape index (κ1) is 94.0. The fourth-order valence-corrected chi connectivity index (χ4v) is 13.8. The number of likely N-dealkylation sites (N-methyl/N-ethyl adjacent to an activating group) is 1. The molecule has 6 rings (SSSR count). The number of rotatable bonds is 48. The van der Waals surface area contributed by atoms with Crippen LogP contribution in [0.3, 0.4) is 0 Å². The maximum absolute atomic E-state index is 15.2. The van der Waals surface area contributed by atoms with Crippen LogP contribution in [-0.2, 0) is 103 Å². The van der Waals surface area contributed by atoms with Gasteiger partial charge in [0.25, 0.3) is 0 Å². The molecule has 0 spiro atoms. The number of unbranched alkanes of at least 4 members (excludes halogenated alkanes) is 1. The van der Waals surface area contributed by atoms with Crippen LogP contribution in [0.5, 0.6) is 0 Å². The van der Waals surface area contributed by atoms with Crippen LogP contribution in [0.2, 0.25) is 0 Å². The number of likely N-dealkylation sites (tertiary alicyclic amines) is 2. The Bertz CT molecular complexity index is 3990. The molecule has 0 aliphatic carbocycles. The summed E-state index contributed by atoms with van der Waals surface area (Å²) in [5, 5.41) is 34.4. The molecule has 35 nitrogen and oxygen atoms in total. The molecule has 2 aliphatic heterocycles. The predicted octanol–water partition coefficient (Wildman–Crippen LogP) is 1.46. The molecule has 17 N–H and O–H groups in total. The largest absolute Gasteiger partial charge is 0.467 e. The second-order valence-electron chi connectivity index (χ2n) is 29.1. The maximum atomic E-state index is 15.2. The summed E-state index contributed by atoms with van der Waals surface area (Å²) < 4.78 is 15.7. The van der Waals surface area contributed by atoms with Gasteiger partial charge < -0.3 is 99.3 Å². The number of esters is 1. The molecule has 2 heterocycles. The molecule has 36 heteroatoms. The van der Waals surface area contributed by atoms with Crippen molar-refractivity contribution in [1.82, 2.24) is 67.9 Å². The number of benzene rings is 4. The first-order valence-electron chi connectivity index (χ1n) is 39.2. The third-order valence-corrected chi connectivity index (χ3v) is 20.1. The third-order valence-electron chi connectivity index (χ3n) is 19.4. The monoisotopic (exact) mass is 1640 g/mol. The molecule has 10 atom stereocenters. The van der Waals surface area contributed by atoms with Crippen LogP contribution >= 0.6 is 11.8 Å². The van der Waals surface area contributed by atoms with Crippen LogP contribution in [0.15, 0.2) is 121 Å². The van der Waals surface area contributed by atoms with Crippen LogP contribution in [0.25, 0.3) is 0 Å². The smallest absolute Gasteiger partial charge is 0.408 e. The van der Waals surface area contributed by atoms with E-state index in [0.717, 1.165) is 10.5 Å². The van der Waals surface area contributed by atoms with Gasteiger partial charge in [-0.15, -0.1) is 0 Å². The molecule has 14 amide bonds. The second kappa shape index (κ2) is 49.8. The molecule has 636 valence electrons. The van der Waals surface area contributed by atoms with Crippen molar-refractivity contribution in [2.24, 2.45) is 23.1 Å². The minimum absolute atomic E-state index is 0.00171. The van der Waals surface area contributed by atoms with Crippen LogP contribution in [0, 0.1) is 11.3 Å². The molecule has 117 heavy (non-hydrogen) atoms. The van der Waals surface area contributed by atoms with Crippen LogP contribution in [-0.4, -0.2) is 229 Å². The topological polar surface area (TPSA) is 516 Å². The summed E-state index contributed by atoms with van der Waals surface area (Å²) in [6.07, 6.45) is -0.183. The highest BCUT2D eigenvalue weighted by Gasteiger charge is 2.43. The average Bonchev–Trinajstić information content (AvgIpc) is 1.76. The Balaban J connectivity index is 1.22. The minimum atomic E-state index is -1.70. The fourth-order valence-electron chi connectivity index (χ4n) is 13.4. The Kier molecular flexibility index (Phi) is 40.0. The predicted molar refractivity (Wildman–Crippen MR) is 433 cm³/mol. The number of nitrogens with two attached hydrogens (primary N) is 3. The van der Waals surface area contributed by atoms with E-state index >= 15 is 4.79 Å². The number of alkyl carbamates (subject to hydrolysis) is 2. The fraction of sp³-hybridized carbons (Fsp3) is 0.506. The maximum Gasteiger partial charge on any atom is 0.408 e. The molecule has 4 aromatic carbocycles. The first-order chi connectivity index (χ1) is 56.0. The lowest BCUT2D eigenvalue weighted by molar-refractivity contribution is -0.145. The van der Waals surface area contributed by atoms with Crippen LogP contribution in [0.1, 0.15) is 132 Å². The summed E-state index contributed by atoms with van der Waals surface area (Å²) in [6.45, 7) is 3.27. The number of carbonyl (C=O) groups excluding carboxylic acids is 15. The van der Waals surface area contributed by atoms with Crippen molar-refractivity contribution in [3.63, 3.8) is 0 Å². The summed E-state index contributed by atoms with van der Waals surface area (Å²) in [5.41, 5.74) is 19.3. The van der Waals surface area contributed by atoms with Gasteiger partial charge in [-0.3, -0.25) is 62.9 Å². The van der Waals surface area contributed by atoms with E-state index in [4.69, 9.17) is 36.8 Å². The van der Waals surface area contributed by atoms with E-state index < -0.39 is 182 Å². The number of nitrogens with zero attached hydrogens (tertiary/aromatic N) is 3. The number of nitrogens with one attached hydrogen (secondary N) is 11. The van der Waals surface area contributed by atoms with Crippen molar-refractivity contribution >= 4 is 107 Å². The van der Waals surface area contributed by atoms with E-state index in [0.29, 0.717) is 28.9 Å². The van der Waals surface area contributed by atoms with Gasteiger partial charge in [0, 0.05) is 58.9 Å². The van der Waals surface area contributed by atoms with Gasteiger partial charge >= 0.3 is 18.2 Å². The number of amides is 14. The number of ether oxygens (including phenoxy) is 3. The summed E-state index contributed by atoms with van der Waals surface area (Å²) in [7, 11) is 2.52. The zero-order valence-electron chi connectivity index (χ0n) is 66.9. The quantitative estimate of drug-likeness (QED) is 0.00978. The van der Waals surface area contributed by atoms with Gasteiger partial charge in [-0.1, -0.05) is 135 Å². The molecular weight excluding hydrogens is 1530 g/mol. The average molecular weight is 1640 g/mol. The molecule has 4 aromatic rings. The van der Waals surface area contributed by atoms with E-state index in [9.17, 15) is 67.1 Å². The minimum Gasteiger partial charge on any atom is -0.467 e. The Morgan fingerprint density at radius 1 is 0.487 bits per heavy atom. The molecule has 0 aromatic heterocycles. The number of hydrogen-bond acceptors (Lipinski definition) is 20. The van der Waals surface area contributed by atoms with Crippen molar-refractivity contribution in [3.05, 3.63) is 144 Å². The molecular formula is C81H113N17O18S. The molecule has 2 fully saturated rings. The first-order valence-corrected chi connectivity index (χ1v) is 40.6. The number of primary amides is 2. The Morgan fingerprint density at radius 3 is 1.41 bits per heavy atom.